The molecule has 9 rings (SSSR count). The van der Waals surface area contributed by atoms with E-state index in [2.05, 4.69) is 42.5 Å². The van der Waals surface area contributed by atoms with Crippen LogP contribution >= 0.6 is 0 Å². The Morgan fingerprint density at radius 1 is 0.333 bits per heavy atom. The third kappa shape index (κ3) is 4.66. The highest BCUT2D eigenvalue weighted by Gasteiger charge is 2.55. The molecule has 0 spiro atoms. The molecule has 5 saturated heterocycles. The van der Waals surface area contributed by atoms with Gasteiger partial charge in [-0.15, -0.1) is 0 Å². The molecule has 0 aromatic rings. The molecule has 4 saturated carbocycles. The predicted molar refractivity (Wildman–Crippen MR) is 163 cm³/mol. The molecule has 0 radical (unpaired) electrons. The molecule has 17 unspecified atom stereocenters. The maximum absolute atomic E-state index is 6.22. The number of rotatable bonds is 1. The van der Waals surface area contributed by atoms with Gasteiger partial charge in [0.2, 0.25) is 0 Å². The molecule has 4 aliphatic carbocycles. The van der Waals surface area contributed by atoms with Crippen LogP contribution in [0.2, 0.25) is 0 Å². The van der Waals surface area contributed by atoms with Gasteiger partial charge in [-0.3, -0.25) is 42.5 Å². The average Bonchev–Trinajstić information content (AvgIpc) is 3.76. The summed E-state index contributed by atoms with van der Waals surface area (Å²) < 4.78 is 6.22. The van der Waals surface area contributed by atoms with Crippen LogP contribution in [0.3, 0.4) is 0 Å². The largest absolute Gasteiger partial charge is 0.381 e. The van der Waals surface area contributed by atoms with Crippen LogP contribution in [-0.4, -0.2) is 62.5 Å². The molecule has 8 N–H and O–H groups in total. The Morgan fingerprint density at radius 2 is 0.619 bits per heavy atom. The molecule has 9 nitrogen and oxygen atoms in total. The van der Waals surface area contributed by atoms with Crippen molar-refractivity contribution in [3.63, 3.8) is 0 Å². The van der Waals surface area contributed by atoms with Gasteiger partial charge in [0.15, 0.2) is 0 Å². The summed E-state index contributed by atoms with van der Waals surface area (Å²) in [5.74, 6) is 5.39. The summed E-state index contributed by atoms with van der Waals surface area (Å²) in [6.45, 7) is 0. The Kier molecular flexibility index (Phi) is 7.62. The van der Waals surface area contributed by atoms with Gasteiger partial charge in [0.05, 0.1) is 55.4 Å². The maximum Gasteiger partial charge on any atom is 0.0653 e. The summed E-state index contributed by atoms with van der Waals surface area (Å²) in [6, 6.07) is 0. The zero-order chi connectivity index (χ0) is 27.8. The minimum Gasteiger partial charge on any atom is -0.381 e. The lowest BCUT2D eigenvalue weighted by Crippen LogP contribution is -2.62. The molecule has 17 atom stereocenters. The number of nitrogens with one attached hydrogen (secondary N) is 8. The maximum atomic E-state index is 6.22. The van der Waals surface area contributed by atoms with Crippen LogP contribution in [0.5, 0.6) is 0 Å². The molecule has 8 bridgehead atoms. The van der Waals surface area contributed by atoms with E-state index < -0.39 is 0 Å². The molecule has 0 aromatic heterocycles. The number of fused-ring (bicyclic) bond motifs is 20. The predicted octanol–water partition coefficient (Wildman–Crippen LogP) is 2.23. The summed E-state index contributed by atoms with van der Waals surface area (Å²) in [5, 5.41) is 33.7. The molecule has 9 fully saturated rings. The summed E-state index contributed by atoms with van der Waals surface area (Å²) in [5.41, 5.74) is 0. The third-order valence-corrected chi connectivity index (χ3v) is 14.1. The highest BCUT2D eigenvalue weighted by atomic mass is 16.5. The zero-order valence-corrected chi connectivity index (χ0v) is 25.8. The molecular formula is C33H58N8O. The third-order valence-electron chi connectivity index (χ3n) is 14.1. The van der Waals surface area contributed by atoms with Gasteiger partial charge in [-0.25, -0.2) is 0 Å². The monoisotopic (exact) mass is 582 g/mol. The Balaban J connectivity index is 1.06. The van der Waals surface area contributed by atoms with Gasteiger partial charge in [-0.1, -0.05) is 44.9 Å². The Labute approximate surface area is 253 Å². The van der Waals surface area contributed by atoms with Gasteiger partial charge in [-0.2, -0.15) is 0 Å². The molecule has 9 heteroatoms. The van der Waals surface area contributed by atoms with Gasteiger partial charge in [-0.05, 0) is 92.8 Å². The molecular weight excluding hydrogens is 524 g/mol. The molecule has 0 aromatic carbocycles. The second-order valence-electron chi connectivity index (χ2n) is 15.9. The Hall–Kier alpha value is -0.360. The SMILES string of the molecule is COC1CCCC2C3NC4NC(NC5NC(NC6NC(NC(N3)C12)C1CCCCC61)C1CCCCC51)C1CCCCC41. The van der Waals surface area contributed by atoms with Crippen LogP contribution in [0.25, 0.3) is 0 Å². The van der Waals surface area contributed by atoms with Crippen molar-refractivity contribution in [2.24, 2.45) is 47.3 Å². The van der Waals surface area contributed by atoms with Gasteiger partial charge >= 0.3 is 0 Å². The normalized spacial score (nSPS) is 57.2. The average molecular weight is 583 g/mol. The molecule has 5 heterocycles. The number of hydrogen-bond acceptors (Lipinski definition) is 9. The minimum atomic E-state index is 0.277. The molecule has 42 heavy (non-hydrogen) atoms. The summed E-state index contributed by atoms with van der Waals surface area (Å²) in [4.78, 5) is 0. The van der Waals surface area contributed by atoms with Crippen LogP contribution in [0.4, 0.5) is 0 Å². The highest BCUT2D eigenvalue weighted by molar-refractivity contribution is 5.09. The second-order valence-corrected chi connectivity index (χ2v) is 15.9. The van der Waals surface area contributed by atoms with Crippen molar-refractivity contribution in [3.05, 3.63) is 0 Å². The quantitative estimate of drug-likeness (QED) is 0.236. The zero-order valence-electron chi connectivity index (χ0n) is 25.8. The van der Waals surface area contributed by atoms with Gasteiger partial charge in [0.25, 0.3) is 0 Å². The van der Waals surface area contributed by atoms with E-state index in [0.717, 1.165) is 11.8 Å². The fourth-order valence-corrected chi connectivity index (χ4v) is 12.3. The first-order chi connectivity index (χ1) is 20.7. The van der Waals surface area contributed by atoms with Crippen molar-refractivity contribution in [1.29, 1.82) is 0 Å². The van der Waals surface area contributed by atoms with E-state index in [1.54, 1.807) is 0 Å². The van der Waals surface area contributed by atoms with Crippen LogP contribution < -0.4 is 42.5 Å². The van der Waals surface area contributed by atoms with E-state index in [4.69, 9.17) is 4.74 Å². The van der Waals surface area contributed by atoms with Crippen LogP contribution in [0, 0.1) is 47.3 Å². The van der Waals surface area contributed by atoms with Gasteiger partial charge in [0.1, 0.15) is 0 Å². The first kappa shape index (κ1) is 27.9. The van der Waals surface area contributed by atoms with E-state index in [1.165, 1.54) is 96.3 Å². The second kappa shape index (κ2) is 11.5. The topological polar surface area (TPSA) is 105 Å². The number of methoxy groups -OCH3 is 1. The van der Waals surface area contributed by atoms with Crippen molar-refractivity contribution >= 4 is 0 Å². The first-order valence-electron chi connectivity index (χ1n) is 18.4. The minimum absolute atomic E-state index is 0.277. The van der Waals surface area contributed by atoms with E-state index >= 15 is 0 Å². The Bertz CT molecular complexity index is 968. The molecule has 0 amide bonds. The van der Waals surface area contributed by atoms with E-state index in [9.17, 15) is 0 Å². The smallest absolute Gasteiger partial charge is 0.0653 e. The lowest BCUT2D eigenvalue weighted by atomic mass is 9.75. The molecule has 236 valence electrons. The van der Waals surface area contributed by atoms with Crippen LogP contribution in [-0.2, 0) is 4.74 Å². The van der Waals surface area contributed by atoms with Crippen molar-refractivity contribution < 1.29 is 4.74 Å². The Morgan fingerprint density at radius 3 is 0.952 bits per heavy atom. The van der Waals surface area contributed by atoms with Crippen molar-refractivity contribution in [2.45, 2.75) is 152 Å². The van der Waals surface area contributed by atoms with Crippen molar-refractivity contribution in [3.8, 4) is 0 Å². The van der Waals surface area contributed by atoms with E-state index in [0.29, 0.717) is 84.8 Å². The van der Waals surface area contributed by atoms with Crippen molar-refractivity contribution in [1.82, 2.24) is 42.5 Å². The van der Waals surface area contributed by atoms with Gasteiger partial charge in [0, 0.05) is 13.0 Å². The first-order valence-corrected chi connectivity index (χ1v) is 18.4. The number of hydrogen-bond donors (Lipinski definition) is 8. The fourth-order valence-electron chi connectivity index (χ4n) is 12.3. The lowest BCUT2D eigenvalue weighted by Gasteiger charge is -2.38. The summed E-state index contributed by atoms with van der Waals surface area (Å²) in [7, 11) is 1.95. The number of ether oxygens (including phenoxy) is 1. The standard InChI is InChI=1S/C33H58N8O/c1-42-24-16-8-15-23-25(24)33-40-31-22-14-7-6-13-21(22)29(38-31)36-27-18-10-3-2-9-17(18)26(34-27)35-28-19-11-4-5-12-20(19)30(37-28)39-32(23)41-33/h17-41H,2-16H2,1H3. The van der Waals surface area contributed by atoms with E-state index in [-0.39, 0.29) is 6.17 Å². The summed E-state index contributed by atoms with van der Waals surface area (Å²) >= 11 is 0. The van der Waals surface area contributed by atoms with Crippen molar-refractivity contribution in [2.75, 3.05) is 7.11 Å². The van der Waals surface area contributed by atoms with Crippen LogP contribution in [0.1, 0.15) is 96.3 Å². The fraction of sp³-hybridized carbons (Fsp3) is 1.00. The lowest BCUT2D eigenvalue weighted by molar-refractivity contribution is -0.00987. The van der Waals surface area contributed by atoms with E-state index in [1.807, 2.05) is 7.11 Å². The highest BCUT2D eigenvalue weighted by Crippen LogP contribution is 2.46. The van der Waals surface area contributed by atoms with Gasteiger partial charge < -0.3 is 4.74 Å². The molecule has 5 aliphatic heterocycles. The van der Waals surface area contributed by atoms with Crippen LogP contribution in [0.15, 0.2) is 0 Å². The molecule has 9 aliphatic rings. The summed E-state index contributed by atoms with van der Waals surface area (Å²) in [6.07, 6.45) is 23.4.